The second kappa shape index (κ2) is 5.89. The maximum absolute atomic E-state index is 5.17. The van der Waals surface area contributed by atoms with Crippen LogP contribution >= 0.6 is 27.3 Å². The SMILES string of the molecule is COc1ccc(CC(Br)c2sc(C)cc2C)cc1. The molecule has 0 aliphatic rings. The zero-order valence-corrected chi connectivity index (χ0v) is 13.3. The highest BCUT2D eigenvalue weighted by atomic mass is 79.9. The number of benzene rings is 1. The summed E-state index contributed by atoms with van der Waals surface area (Å²) in [7, 11) is 1.69. The molecule has 0 aliphatic heterocycles. The van der Waals surface area contributed by atoms with Gasteiger partial charge in [0.25, 0.3) is 0 Å². The maximum Gasteiger partial charge on any atom is 0.118 e. The first-order chi connectivity index (χ1) is 8.60. The van der Waals surface area contributed by atoms with Crippen molar-refractivity contribution < 1.29 is 4.74 Å². The molecule has 0 saturated carbocycles. The first-order valence-electron chi connectivity index (χ1n) is 5.94. The summed E-state index contributed by atoms with van der Waals surface area (Å²) in [6, 6.07) is 10.5. The number of halogens is 1. The van der Waals surface area contributed by atoms with Crippen LogP contribution in [0.25, 0.3) is 0 Å². The molecule has 0 N–H and O–H groups in total. The van der Waals surface area contributed by atoms with Crippen LogP contribution in [0.5, 0.6) is 5.75 Å². The lowest BCUT2D eigenvalue weighted by molar-refractivity contribution is 0.414. The molecule has 1 aromatic heterocycles. The lowest BCUT2D eigenvalue weighted by atomic mass is 10.1. The van der Waals surface area contributed by atoms with Crippen molar-refractivity contribution in [1.29, 1.82) is 0 Å². The van der Waals surface area contributed by atoms with E-state index in [4.69, 9.17) is 4.74 Å². The van der Waals surface area contributed by atoms with Crippen LogP contribution in [-0.2, 0) is 6.42 Å². The van der Waals surface area contributed by atoms with Gasteiger partial charge in [0.2, 0.25) is 0 Å². The van der Waals surface area contributed by atoms with E-state index in [9.17, 15) is 0 Å². The minimum atomic E-state index is 0.393. The van der Waals surface area contributed by atoms with Crippen LogP contribution in [0, 0.1) is 13.8 Å². The van der Waals surface area contributed by atoms with Crippen LogP contribution < -0.4 is 4.74 Å². The standard InChI is InChI=1S/C15H17BrOS/c1-10-8-11(2)18-15(10)14(16)9-12-4-6-13(17-3)7-5-12/h4-8,14H,9H2,1-3H3. The Hall–Kier alpha value is -0.800. The van der Waals surface area contributed by atoms with E-state index < -0.39 is 0 Å². The molecule has 1 atom stereocenters. The third kappa shape index (κ3) is 3.15. The fourth-order valence-corrected chi connectivity index (χ4v) is 4.06. The largest absolute Gasteiger partial charge is 0.497 e. The molecule has 0 fully saturated rings. The molecule has 1 unspecified atom stereocenters. The minimum absolute atomic E-state index is 0.393. The third-order valence-electron chi connectivity index (χ3n) is 2.94. The van der Waals surface area contributed by atoms with Crippen LogP contribution in [0.2, 0.25) is 0 Å². The van der Waals surface area contributed by atoms with E-state index in [1.807, 2.05) is 23.5 Å². The Kier molecular flexibility index (Phi) is 4.46. The highest BCUT2D eigenvalue weighted by molar-refractivity contribution is 9.09. The Morgan fingerprint density at radius 2 is 1.89 bits per heavy atom. The third-order valence-corrected chi connectivity index (χ3v) is 5.29. The zero-order valence-electron chi connectivity index (χ0n) is 10.9. The van der Waals surface area contributed by atoms with E-state index in [-0.39, 0.29) is 0 Å². The Bertz CT molecular complexity index is 516. The number of thiophene rings is 1. The second-order valence-corrected chi connectivity index (χ2v) is 6.82. The van der Waals surface area contributed by atoms with Crippen LogP contribution in [0.4, 0.5) is 0 Å². The summed E-state index contributed by atoms with van der Waals surface area (Å²) in [6.07, 6.45) is 1.00. The molecule has 18 heavy (non-hydrogen) atoms. The monoisotopic (exact) mass is 324 g/mol. The van der Waals surface area contributed by atoms with E-state index in [0.29, 0.717) is 4.83 Å². The van der Waals surface area contributed by atoms with Gasteiger partial charge in [-0.15, -0.1) is 11.3 Å². The molecule has 1 heterocycles. The lowest BCUT2D eigenvalue weighted by Gasteiger charge is -2.10. The van der Waals surface area contributed by atoms with Gasteiger partial charge in [-0.05, 0) is 49.6 Å². The summed E-state index contributed by atoms with van der Waals surface area (Å²) in [5.74, 6) is 0.910. The average molecular weight is 325 g/mol. The van der Waals surface area contributed by atoms with Crippen molar-refractivity contribution in [2.45, 2.75) is 25.1 Å². The molecule has 0 saturated heterocycles. The summed E-state index contributed by atoms with van der Waals surface area (Å²) in [5, 5.41) is 0. The topological polar surface area (TPSA) is 9.23 Å². The van der Waals surface area contributed by atoms with Gasteiger partial charge in [-0.1, -0.05) is 28.1 Å². The van der Waals surface area contributed by atoms with Gasteiger partial charge in [0.15, 0.2) is 0 Å². The molecule has 2 aromatic rings. The number of alkyl halides is 1. The normalized spacial score (nSPS) is 12.4. The van der Waals surface area contributed by atoms with Gasteiger partial charge in [0, 0.05) is 9.75 Å². The molecule has 96 valence electrons. The van der Waals surface area contributed by atoms with Crippen molar-refractivity contribution in [3.8, 4) is 5.75 Å². The number of hydrogen-bond acceptors (Lipinski definition) is 2. The Labute approximate surface area is 121 Å². The van der Waals surface area contributed by atoms with Crippen molar-refractivity contribution in [2.24, 2.45) is 0 Å². The fourth-order valence-electron chi connectivity index (χ4n) is 2.03. The average Bonchev–Trinajstić information content (AvgIpc) is 2.69. The summed E-state index contributed by atoms with van der Waals surface area (Å²) < 4.78 is 5.17. The summed E-state index contributed by atoms with van der Waals surface area (Å²) in [5.41, 5.74) is 2.70. The van der Waals surface area contributed by atoms with Gasteiger partial charge >= 0.3 is 0 Å². The molecule has 0 radical (unpaired) electrons. The van der Waals surface area contributed by atoms with E-state index >= 15 is 0 Å². The van der Waals surface area contributed by atoms with Crippen LogP contribution in [0.3, 0.4) is 0 Å². The Balaban J connectivity index is 2.10. The quantitative estimate of drug-likeness (QED) is 0.715. The predicted octanol–water partition coefficient (Wildman–Crippen LogP) is 5.05. The van der Waals surface area contributed by atoms with E-state index in [0.717, 1.165) is 12.2 Å². The summed E-state index contributed by atoms with van der Waals surface area (Å²) in [6.45, 7) is 4.34. The number of ether oxygens (including phenoxy) is 1. The molecular weight excluding hydrogens is 308 g/mol. The number of rotatable bonds is 4. The molecule has 2 rings (SSSR count). The van der Waals surface area contributed by atoms with Crippen molar-refractivity contribution >= 4 is 27.3 Å². The highest BCUT2D eigenvalue weighted by Crippen LogP contribution is 2.35. The van der Waals surface area contributed by atoms with Gasteiger partial charge in [0.1, 0.15) is 5.75 Å². The number of hydrogen-bond donors (Lipinski definition) is 0. The predicted molar refractivity (Wildman–Crippen MR) is 82.2 cm³/mol. The van der Waals surface area contributed by atoms with Gasteiger partial charge < -0.3 is 4.74 Å². The number of aryl methyl sites for hydroxylation is 2. The Morgan fingerprint density at radius 3 is 2.39 bits per heavy atom. The van der Waals surface area contributed by atoms with Crippen LogP contribution in [0.1, 0.15) is 25.7 Å². The van der Waals surface area contributed by atoms with Crippen molar-refractivity contribution in [3.63, 3.8) is 0 Å². The first-order valence-corrected chi connectivity index (χ1v) is 7.67. The molecule has 0 aliphatic carbocycles. The fraction of sp³-hybridized carbons (Fsp3) is 0.333. The number of methoxy groups -OCH3 is 1. The van der Waals surface area contributed by atoms with Crippen LogP contribution in [-0.4, -0.2) is 7.11 Å². The van der Waals surface area contributed by atoms with E-state index in [1.165, 1.54) is 20.9 Å². The lowest BCUT2D eigenvalue weighted by Crippen LogP contribution is -1.94. The first kappa shape index (κ1) is 13.6. The molecule has 1 aromatic carbocycles. The minimum Gasteiger partial charge on any atom is -0.497 e. The van der Waals surface area contributed by atoms with Gasteiger partial charge in [-0.3, -0.25) is 0 Å². The second-order valence-electron chi connectivity index (χ2n) is 4.42. The molecule has 3 heteroatoms. The highest BCUT2D eigenvalue weighted by Gasteiger charge is 2.13. The van der Waals surface area contributed by atoms with E-state index in [1.54, 1.807) is 7.11 Å². The van der Waals surface area contributed by atoms with Crippen LogP contribution in [0.15, 0.2) is 30.3 Å². The summed E-state index contributed by atoms with van der Waals surface area (Å²) >= 11 is 5.68. The summed E-state index contributed by atoms with van der Waals surface area (Å²) in [4.78, 5) is 3.20. The molecule has 0 spiro atoms. The van der Waals surface area contributed by atoms with Crippen molar-refractivity contribution in [3.05, 3.63) is 51.2 Å². The molecular formula is C15H17BrOS. The maximum atomic E-state index is 5.17. The van der Waals surface area contributed by atoms with Gasteiger partial charge in [-0.25, -0.2) is 0 Å². The molecule has 1 nitrogen and oxygen atoms in total. The van der Waals surface area contributed by atoms with Gasteiger partial charge in [-0.2, -0.15) is 0 Å². The van der Waals surface area contributed by atoms with E-state index in [2.05, 4.69) is 48.0 Å². The van der Waals surface area contributed by atoms with Crippen molar-refractivity contribution in [2.75, 3.05) is 7.11 Å². The Morgan fingerprint density at radius 1 is 1.22 bits per heavy atom. The van der Waals surface area contributed by atoms with Crippen molar-refractivity contribution in [1.82, 2.24) is 0 Å². The molecule has 0 amide bonds. The smallest absolute Gasteiger partial charge is 0.118 e. The van der Waals surface area contributed by atoms with Gasteiger partial charge in [0.05, 0.1) is 11.9 Å². The molecule has 0 bridgehead atoms. The zero-order chi connectivity index (χ0) is 13.1.